The molecule has 3 heterocycles. The molecule has 1 fully saturated rings. The van der Waals surface area contributed by atoms with Gasteiger partial charge >= 0.3 is 0 Å². The van der Waals surface area contributed by atoms with Crippen molar-refractivity contribution >= 4 is 5.91 Å². The smallest absolute Gasteiger partial charge is 0.254 e. The zero-order valence-corrected chi connectivity index (χ0v) is 17.7. The van der Waals surface area contributed by atoms with Crippen molar-refractivity contribution in [3.8, 4) is 17.3 Å². The maximum absolute atomic E-state index is 13.6. The highest BCUT2D eigenvalue weighted by Crippen LogP contribution is 2.28. The van der Waals surface area contributed by atoms with E-state index in [-0.39, 0.29) is 17.9 Å². The van der Waals surface area contributed by atoms with Crippen molar-refractivity contribution in [2.24, 2.45) is 5.92 Å². The average Bonchev–Trinajstić information content (AvgIpc) is 2.79. The lowest BCUT2D eigenvalue weighted by molar-refractivity contribution is 0.0503. The molecule has 1 amide bonds. The number of halogens is 1. The van der Waals surface area contributed by atoms with E-state index in [1.807, 2.05) is 30.0 Å². The number of pyridine rings is 1. The molecule has 0 saturated carbocycles. The minimum absolute atomic E-state index is 0.0248. The minimum Gasteiger partial charge on any atom is -0.477 e. The predicted octanol–water partition coefficient (Wildman–Crippen LogP) is 4.31. The maximum Gasteiger partial charge on any atom is 0.254 e. The second-order valence-corrected chi connectivity index (χ2v) is 8.00. The molecule has 1 saturated heterocycles. The van der Waals surface area contributed by atoms with Crippen LogP contribution in [0.1, 0.15) is 35.7 Å². The second-order valence-electron chi connectivity index (χ2n) is 8.00. The van der Waals surface area contributed by atoms with Crippen molar-refractivity contribution in [3.05, 3.63) is 71.9 Å². The zero-order valence-electron chi connectivity index (χ0n) is 17.7. The van der Waals surface area contributed by atoms with Crippen LogP contribution < -0.4 is 4.74 Å². The Morgan fingerprint density at radius 2 is 1.97 bits per heavy atom. The number of amides is 1. The normalized spacial score (nSPS) is 18.6. The number of rotatable bonds is 5. The van der Waals surface area contributed by atoms with E-state index in [0.29, 0.717) is 30.4 Å². The van der Waals surface area contributed by atoms with Crippen LogP contribution in [0.25, 0.3) is 11.4 Å². The van der Waals surface area contributed by atoms with Crippen molar-refractivity contribution in [2.75, 3.05) is 13.2 Å². The Balaban J connectivity index is 1.52. The Morgan fingerprint density at radius 1 is 1.16 bits per heavy atom. The predicted molar refractivity (Wildman–Crippen MR) is 115 cm³/mol. The highest BCUT2D eigenvalue weighted by atomic mass is 19.1. The number of piperidine rings is 1. The molecule has 0 N–H and O–H groups in total. The molecule has 31 heavy (non-hydrogen) atoms. The number of aryl methyl sites for hydroxylation is 1. The summed E-state index contributed by atoms with van der Waals surface area (Å²) in [6.45, 7) is 5.06. The third-order valence-electron chi connectivity index (χ3n) is 5.62. The van der Waals surface area contributed by atoms with Crippen LogP contribution in [0.4, 0.5) is 4.39 Å². The number of hydrogen-bond acceptors (Lipinski definition) is 5. The lowest BCUT2D eigenvalue weighted by Crippen LogP contribution is -2.47. The highest BCUT2D eigenvalue weighted by molar-refractivity contribution is 6.00. The Bertz CT molecular complexity index is 1040. The van der Waals surface area contributed by atoms with Crippen LogP contribution in [0.3, 0.4) is 0 Å². The van der Waals surface area contributed by atoms with Crippen molar-refractivity contribution in [3.63, 3.8) is 0 Å². The van der Waals surface area contributed by atoms with Gasteiger partial charge in [0.05, 0.1) is 18.4 Å². The summed E-state index contributed by atoms with van der Waals surface area (Å²) in [6, 6.07) is 10.5. The second kappa shape index (κ2) is 9.20. The fraction of sp³-hybridized carbons (Fsp3) is 0.333. The molecular weight excluding hydrogens is 395 g/mol. The molecule has 2 aromatic heterocycles. The molecule has 0 spiro atoms. The lowest BCUT2D eigenvalue weighted by atomic mass is 9.92. The van der Waals surface area contributed by atoms with Crippen LogP contribution in [0.5, 0.6) is 5.88 Å². The fourth-order valence-electron chi connectivity index (χ4n) is 3.88. The van der Waals surface area contributed by atoms with Crippen LogP contribution >= 0.6 is 0 Å². The summed E-state index contributed by atoms with van der Waals surface area (Å²) in [5, 5.41) is 0. The van der Waals surface area contributed by atoms with E-state index in [0.717, 1.165) is 30.2 Å². The number of carbonyl (C=O) groups is 1. The minimum atomic E-state index is -0.396. The average molecular weight is 420 g/mol. The van der Waals surface area contributed by atoms with Gasteiger partial charge in [-0.15, -0.1) is 0 Å². The van der Waals surface area contributed by atoms with Gasteiger partial charge in [-0.2, -0.15) is 0 Å². The monoisotopic (exact) mass is 420 g/mol. The molecule has 1 aliphatic heterocycles. The van der Waals surface area contributed by atoms with E-state index >= 15 is 0 Å². The maximum atomic E-state index is 13.6. The van der Waals surface area contributed by atoms with Gasteiger partial charge in [0.1, 0.15) is 5.82 Å². The Labute approximate surface area is 181 Å². The van der Waals surface area contributed by atoms with Crippen LogP contribution in [0.15, 0.2) is 55.0 Å². The molecule has 0 aliphatic carbocycles. The quantitative estimate of drug-likeness (QED) is 0.615. The molecule has 3 aromatic rings. The van der Waals surface area contributed by atoms with Gasteiger partial charge in [0.25, 0.3) is 5.91 Å². The third kappa shape index (κ3) is 4.87. The summed E-state index contributed by atoms with van der Waals surface area (Å²) in [7, 11) is 0. The number of benzene rings is 1. The molecule has 160 valence electrons. The Morgan fingerprint density at radius 3 is 2.71 bits per heavy atom. The van der Waals surface area contributed by atoms with Crippen molar-refractivity contribution < 1.29 is 13.9 Å². The van der Waals surface area contributed by atoms with E-state index in [1.165, 1.54) is 12.1 Å². The summed E-state index contributed by atoms with van der Waals surface area (Å²) >= 11 is 0. The van der Waals surface area contributed by atoms with E-state index in [2.05, 4.69) is 21.9 Å². The van der Waals surface area contributed by atoms with Crippen LogP contribution in [-0.4, -0.2) is 45.0 Å². The van der Waals surface area contributed by atoms with Crippen LogP contribution in [0.2, 0.25) is 0 Å². The molecule has 6 nitrogen and oxygen atoms in total. The molecule has 7 heteroatoms. The molecule has 1 unspecified atom stereocenters. The molecule has 0 radical (unpaired) electrons. The Hall–Kier alpha value is -3.35. The molecule has 2 atom stereocenters. The first-order chi connectivity index (χ1) is 15.0. The largest absolute Gasteiger partial charge is 0.477 e. The first-order valence-corrected chi connectivity index (χ1v) is 10.4. The van der Waals surface area contributed by atoms with Gasteiger partial charge in [0, 0.05) is 42.5 Å². The number of hydrogen-bond donors (Lipinski definition) is 0. The number of carbonyl (C=O) groups excluding carboxylic acids is 1. The molecule has 0 bridgehead atoms. The van der Waals surface area contributed by atoms with Crippen molar-refractivity contribution in [2.45, 2.75) is 32.7 Å². The van der Waals surface area contributed by atoms with E-state index in [9.17, 15) is 9.18 Å². The van der Waals surface area contributed by atoms with E-state index in [4.69, 9.17) is 4.74 Å². The molecule has 4 rings (SSSR count). The third-order valence-corrected chi connectivity index (χ3v) is 5.62. The van der Waals surface area contributed by atoms with Gasteiger partial charge < -0.3 is 9.64 Å². The molecule has 1 aliphatic rings. The number of nitrogens with zero attached hydrogens (tertiary/aromatic N) is 4. The first kappa shape index (κ1) is 20.9. The van der Waals surface area contributed by atoms with Gasteiger partial charge in [-0.05, 0) is 44.9 Å². The topological polar surface area (TPSA) is 68.2 Å². The summed E-state index contributed by atoms with van der Waals surface area (Å²) in [5.74, 6) is 0.682. The molecule has 1 aromatic carbocycles. The van der Waals surface area contributed by atoms with Crippen LogP contribution in [-0.2, 0) is 0 Å². The number of aromatic nitrogens is 3. The summed E-state index contributed by atoms with van der Waals surface area (Å²) in [6.07, 6.45) is 6.33. The summed E-state index contributed by atoms with van der Waals surface area (Å²) < 4.78 is 18.8. The first-order valence-electron chi connectivity index (χ1n) is 10.4. The van der Waals surface area contributed by atoms with Gasteiger partial charge in [0.2, 0.25) is 5.88 Å². The van der Waals surface area contributed by atoms with E-state index in [1.54, 1.807) is 18.5 Å². The fourth-order valence-corrected chi connectivity index (χ4v) is 3.88. The highest BCUT2D eigenvalue weighted by Gasteiger charge is 2.31. The van der Waals surface area contributed by atoms with Gasteiger partial charge in [-0.25, -0.2) is 19.3 Å². The van der Waals surface area contributed by atoms with Crippen molar-refractivity contribution in [1.29, 1.82) is 0 Å². The lowest BCUT2D eigenvalue weighted by Gasteiger charge is -2.38. The molecular formula is C24H25FN4O2. The van der Waals surface area contributed by atoms with Gasteiger partial charge in [0.15, 0.2) is 5.82 Å². The summed E-state index contributed by atoms with van der Waals surface area (Å²) in [4.78, 5) is 28.1. The van der Waals surface area contributed by atoms with Crippen LogP contribution in [0, 0.1) is 18.7 Å². The number of likely N-dealkylation sites (tertiary alicyclic amines) is 1. The number of ether oxygens (including phenoxy) is 1. The SMILES string of the molecule is Cc1ccc(-c2ncccn2)c(C(=O)N2C[C@@H](COc3ccc(F)cn3)CCC2C)c1. The van der Waals surface area contributed by atoms with E-state index < -0.39 is 5.82 Å². The van der Waals surface area contributed by atoms with Crippen molar-refractivity contribution in [1.82, 2.24) is 19.9 Å². The summed E-state index contributed by atoms with van der Waals surface area (Å²) in [5.41, 5.74) is 2.35. The van der Waals surface area contributed by atoms with Gasteiger partial charge in [-0.1, -0.05) is 17.7 Å². The Kier molecular flexibility index (Phi) is 6.21. The van der Waals surface area contributed by atoms with Gasteiger partial charge in [-0.3, -0.25) is 4.79 Å². The zero-order chi connectivity index (χ0) is 21.8. The standard InChI is InChI=1S/C24H25FN4O2/c1-16-4-8-20(23-26-10-3-11-27-23)21(12-16)24(30)29-14-18(6-5-17(29)2)15-31-22-9-7-19(25)13-28-22/h3-4,7-13,17-18H,5-6,14-15H2,1-2H3/t17?,18-/m0/s1.